The molecule has 2 bridgehead atoms. The predicted octanol–water partition coefficient (Wildman–Crippen LogP) is 2.03. The molecule has 4 fully saturated rings. The first kappa shape index (κ1) is 20.0. The number of carbonyl (C=O) groups is 2. The van der Waals surface area contributed by atoms with Crippen LogP contribution in [0.15, 0.2) is 23.8 Å². The van der Waals surface area contributed by atoms with E-state index in [2.05, 4.69) is 4.90 Å². The van der Waals surface area contributed by atoms with Crippen LogP contribution < -0.4 is 4.74 Å². The Balaban J connectivity index is 1.38. The Bertz CT molecular complexity index is 1130. The van der Waals surface area contributed by atoms with Crippen LogP contribution in [0, 0.1) is 5.92 Å². The Hall–Kier alpha value is -2.38. The van der Waals surface area contributed by atoms with Crippen molar-refractivity contribution in [1.29, 1.82) is 0 Å². The lowest BCUT2D eigenvalue weighted by atomic mass is 9.48. The molecule has 5 atom stereocenters. The smallest absolute Gasteiger partial charge is 0.256 e. The molecule has 2 amide bonds. The number of phenols is 1. The number of imide groups is 1. The van der Waals surface area contributed by atoms with Gasteiger partial charge in [0.25, 0.3) is 5.91 Å². The summed E-state index contributed by atoms with van der Waals surface area (Å²) in [5.41, 5.74) is 0.837. The fourth-order valence-electron chi connectivity index (χ4n) is 7.87. The summed E-state index contributed by atoms with van der Waals surface area (Å²) in [6.45, 7) is 3.66. The Morgan fingerprint density at radius 3 is 2.76 bits per heavy atom. The summed E-state index contributed by atoms with van der Waals surface area (Å²) < 4.78 is 6.50. The van der Waals surface area contributed by atoms with Gasteiger partial charge in [-0.3, -0.25) is 19.4 Å². The highest BCUT2D eigenvalue weighted by Gasteiger charge is 2.74. The fourth-order valence-corrected chi connectivity index (χ4v) is 7.87. The third kappa shape index (κ3) is 2.32. The van der Waals surface area contributed by atoms with Crippen LogP contribution in [0.2, 0.25) is 0 Å². The van der Waals surface area contributed by atoms with Crippen molar-refractivity contribution in [3.8, 4) is 11.5 Å². The summed E-state index contributed by atoms with van der Waals surface area (Å²) in [5, 5.41) is 23.2. The van der Waals surface area contributed by atoms with E-state index in [-0.39, 0.29) is 30.0 Å². The third-order valence-corrected chi connectivity index (χ3v) is 9.52. The molecular weight excluding hydrogens is 420 g/mol. The summed E-state index contributed by atoms with van der Waals surface area (Å²) in [4.78, 5) is 30.0. The minimum Gasteiger partial charge on any atom is -0.504 e. The van der Waals surface area contributed by atoms with Crippen molar-refractivity contribution in [3.05, 3.63) is 34.9 Å². The van der Waals surface area contributed by atoms with E-state index in [4.69, 9.17) is 4.74 Å². The highest BCUT2D eigenvalue weighted by atomic mass is 16.5. The highest BCUT2D eigenvalue weighted by molar-refractivity contribution is 6.13. The molecule has 0 unspecified atom stereocenters. The average Bonchev–Trinajstić information content (AvgIpc) is 3.46. The van der Waals surface area contributed by atoms with Crippen LogP contribution in [0.5, 0.6) is 11.5 Å². The van der Waals surface area contributed by atoms with Crippen molar-refractivity contribution in [2.45, 2.75) is 81.1 Å². The molecule has 0 radical (unpaired) electrons. The van der Waals surface area contributed by atoms with Gasteiger partial charge in [0.2, 0.25) is 5.91 Å². The SMILES string of the molecule is C/C=C1\CC(=O)N([C@@H]2CC[C@@]3(O)[C@@H]4Cc5ccc(O)c6c5[C@@]3(CCN4CC3CC3)[C@H]2O6)C1=O. The van der Waals surface area contributed by atoms with E-state index in [9.17, 15) is 19.8 Å². The number of likely N-dealkylation sites (tertiary alicyclic amines) is 2. The summed E-state index contributed by atoms with van der Waals surface area (Å²) in [6, 6.07) is 3.20. The van der Waals surface area contributed by atoms with E-state index < -0.39 is 23.2 Å². The number of allylic oxidation sites excluding steroid dienone is 1. The lowest BCUT2D eigenvalue weighted by Crippen LogP contribution is -2.78. The number of aromatic hydroxyl groups is 1. The van der Waals surface area contributed by atoms with E-state index >= 15 is 0 Å². The molecular formula is C26H30N2O5. The van der Waals surface area contributed by atoms with Crippen molar-refractivity contribution in [3.63, 3.8) is 0 Å². The molecule has 3 heterocycles. The normalized spacial score (nSPS) is 40.4. The van der Waals surface area contributed by atoms with Gasteiger partial charge < -0.3 is 14.9 Å². The molecule has 7 nitrogen and oxygen atoms in total. The molecule has 3 aliphatic carbocycles. The maximum Gasteiger partial charge on any atom is 0.256 e. The number of ether oxygens (including phenoxy) is 1. The number of phenolic OH excluding ortho intramolecular Hbond substituents is 1. The van der Waals surface area contributed by atoms with E-state index in [1.165, 1.54) is 17.7 Å². The van der Waals surface area contributed by atoms with Crippen molar-refractivity contribution in [2.24, 2.45) is 5.92 Å². The molecule has 6 aliphatic rings. The van der Waals surface area contributed by atoms with E-state index in [0.717, 1.165) is 36.6 Å². The molecule has 7 heteroatoms. The number of hydrogen-bond donors (Lipinski definition) is 2. The van der Waals surface area contributed by atoms with Gasteiger partial charge in [-0.25, -0.2) is 0 Å². The zero-order valence-electron chi connectivity index (χ0n) is 18.9. The molecule has 7 rings (SSSR count). The van der Waals surface area contributed by atoms with Crippen LogP contribution in [0.25, 0.3) is 0 Å². The minimum atomic E-state index is -1.01. The zero-order valence-corrected chi connectivity index (χ0v) is 18.9. The lowest BCUT2D eigenvalue weighted by molar-refractivity contribution is -0.201. The first-order valence-corrected chi connectivity index (χ1v) is 12.4. The van der Waals surface area contributed by atoms with Crippen LogP contribution in [0.3, 0.4) is 0 Å². The Morgan fingerprint density at radius 1 is 1.21 bits per heavy atom. The van der Waals surface area contributed by atoms with Gasteiger partial charge >= 0.3 is 0 Å². The van der Waals surface area contributed by atoms with E-state index in [0.29, 0.717) is 30.6 Å². The van der Waals surface area contributed by atoms with E-state index in [1.54, 1.807) is 19.1 Å². The van der Waals surface area contributed by atoms with Gasteiger partial charge in [-0.15, -0.1) is 0 Å². The minimum absolute atomic E-state index is 0.0158. The van der Waals surface area contributed by atoms with Gasteiger partial charge in [-0.1, -0.05) is 12.1 Å². The monoisotopic (exact) mass is 450 g/mol. The number of rotatable bonds is 3. The van der Waals surface area contributed by atoms with Gasteiger partial charge in [-0.2, -0.15) is 0 Å². The molecule has 3 aliphatic heterocycles. The number of aliphatic hydroxyl groups is 1. The standard InChI is InChI=1S/C26H30N2O5/c1-2-15-12-20(30)28(24(15)31)17-7-8-26(32)19-11-16-5-6-18(29)22-21(16)25(26,23(17)33-22)9-10-27(19)13-14-3-4-14/h2,5-6,14,17,19,23,29,32H,3-4,7-13H2,1H3/b15-2+/t17-,19+,23+,25+,26-/m1/s1. The van der Waals surface area contributed by atoms with Crippen LogP contribution in [0.4, 0.5) is 0 Å². The molecule has 2 N–H and O–H groups in total. The van der Waals surface area contributed by atoms with Gasteiger partial charge in [0.1, 0.15) is 6.10 Å². The number of piperidine rings is 1. The van der Waals surface area contributed by atoms with Gasteiger partial charge in [0, 0.05) is 23.7 Å². The van der Waals surface area contributed by atoms with Crippen molar-refractivity contribution >= 4 is 11.8 Å². The summed E-state index contributed by atoms with van der Waals surface area (Å²) >= 11 is 0. The quantitative estimate of drug-likeness (QED) is 0.541. The second-order valence-electron chi connectivity index (χ2n) is 11.0. The topological polar surface area (TPSA) is 90.3 Å². The molecule has 2 saturated carbocycles. The summed E-state index contributed by atoms with van der Waals surface area (Å²) in [7, 11) is 0. The van der Waals surface area contributed by atoms with Gasteiger partial charge in [0.05, 0.1) is 23.5 Å². The largest absolute Gasteiger partial charge is 0.504 e. The van der Waals surface area contributed by atoms with Crippen LogP contribution in [0.1, 0.15) is 56.6 Å². The van der Waals surface area contributed by atoms with Gasteiger partial charge in [-0.05, 0) is 69.5 Å². The predicted molar refractivity (Wildman–Crippen MR) is 119 cm³/mol. The third-order valence-electron chi connectivity index (χ3n) is 9.52. The summed E-state index contributed by atoms with van der Waals surface area (Å²) in [6.07, 6.45) is 6.28. The summed E-state index contributed by atoms with van der Waals surface area (Å²) in [5.74, 6) is 0.817. The Kier molecular flexibility index (Phi) is 3.88. The molecule has 174 valence electrons. The van der Waals surface area contributed by atoms with Crippen LogP contribution in [-0.4, -0.2) is 68.7 Å². The number of hydrogen-bond acceptors (Lipinski definition) is 6. The first-order chi connectivity index (χ1) is 15.9. The molecule has 2 saturated heterocycles. The Morgan fingerprint density at radius 2 is 2.03 bits per heavy atom. The van der Waals surface area contributed by atoms with Crippen molar-refractivity contribution < 1.29 is 24.5 Å². The molecule has 1 spiro atoms. The van der Waals surface area contributed by atoms with E-state index in [1.807, 2.05) is 6.07 Å². The van der Waals surface area contributed by atoms with Crippen LogP contribution >= 0.6 is 0 Å². The number of amides is 2. The van der Waals surface area contributed by atoms with Crippen LogP contribution in [-0.2, 0) is 21.4 Å². The lowest BCUT2D eigenvalue weighted by Gasteiger charge is -2.64. The maximum absolute atomic E-state index is 13.1. The second kappa shape index (κ2) is 6.39. The molecule has 33 heavy (non-hydrogen) atoms. The number of nitrogens with zero attached hydrogens (tertiary/aromatic N) is 2. The first-order valence-electron chi connectivity index (χ1n) is 12.4. The average molecular weight is 451 g/mol. The number of carbonyl (C=O) groups excluding carboxylic acids is 2. The molecule has 1 aromatic rings. The number of benzene rings is 1. The van der Waals surface area contributed by atoms with Crippen molar-refractivity contribution in [1.82, 2.24) is 9.80 Å². The zero-order chi connectivity index (χ0) is 22.7. The molecule has 0 aromatic heterocycles. The maximum atomic E-state index is 13.1. The molecule has 1 aromatic carbocycles. The Labute approximate surface area is 193 Å². The van der Waals surface area contributed by atoms with Gasteiger partial charge in [0.15, 0.2) is 11.5 Å². The van der Waals surface area contributed by atoms with Crippen molar-refractivity contribution in [2.75, 3.05) is 13.1 Å². The fraction of sp³-hybridized carbons (Fsp3) is 0.615. The highest BCUT2D eigenvalue weighted by Crippen LogP contribution is 2.66. The second-order valence-corrected chi connectivity index (χ2v) is 11.0.